The summed E-state index contributed by atoms with van der Waals surface area (Å²) in [4.78, 5) is 8.37. The summed E-state index contributed by atoms with van der Waals surface area (Å²) >= 11 is 5.70. The third kappa shape index (κ3) is 2.15. The average molecular weight is 173 g/mol. The molecule has 0 fully saturated rings. The Bertz CT molecular complexity index is 252. The molecule has 0 unspecified atom stereocenters. The van der Waals surface area contributed by atoms with Gasteiger partial charge in [-0.15, -0.1) is 0 Å². The van der Waals surface area contributed by atoms with Gasteiger partial charge in [-0.1, -0.05) is 11.6 Å². The van der Waals surface area contributed by atoms with Crippen molar-refractivity contribution in [1.82, 2.24) is 4.98 Å². The van der Waals surface area contributed by atoms with Crippen LogP contribution < -0.4 is 5.90 Å². The van der Waals surface area contributed by atoms with Crippen LogP contribution in [0.1, 0.15) is 11.1 Å². The number of nitrogens with zero attached hydrogens (tertiary/aromatic N) is 1. The zero-order valence-corrected chi connectivity index (χ0v) is 6.93. The van der Waals surface area contributed by atoms with E-state index in [9.17, 15) is 0 Å². The van der Waals surface area contributed by atoms with E-state index >= 15 is 0 Å². The van der Waals surface area contributed by atoms with E-state index in [4.69, 9.17) is 17.5 Å². The highest BCUT2D eigenvalue weighted by Crippen LogP contribution is 2.12. The molecule has 4 heteroatoms. The molecular formula is C7H9ClN2O. The zero-order chi connectivity index (χ0) is 8.27. The number of rotatable bonds is 2. The molecule has 1 rings (SSSR count). The van der Waals surface area contributed by atoms with Crippen molar-refractivity contribution in [2.24, 2.45) is 5.90 Å². The van der Waals surface area contributed by atoms with Gasteiger partial charge in [0.25, 0.3) is 0 Å². The number of pyridine rings is 1. The molecule has 1 heterocycles. The largest absolute Gasteiger partial charge is 0.300 e. The monoisotopic (exact) mass is 172 g/mol. The Balaban J connectivity index is 2.86. The lowest BCUT2D eigenvalue weighted by Gasteiger charge is -2.00. The predicted octanol–water partition coefficient (Wildman–Crippen LogP) is 1.43. The number of nitrogens with two attached hydrogens (primary N) is 1. The van der Waals surface area contributed by atoms with Crippen LogP contribution in [0.25, 0.3) is 0 Å². The predicted molar refractivity (Wildman–Crippen MR) is 43.0 cm³/mol. The third-order valence-electron chi connectivity index (χ3n) is 1.32. The molecule has 1 aromatic rings. The molecule has 0 spiro atoms. The van der Waals surface area contributed by atoms with Gasteiger partial charge in [-0.3, -0.25) is 4.84 Å². The fourth-order valence-electron chi connectivity index (χ4n) is 0.791. The third-order valence-corrected chi connectivity index (χ3v) is 1.72. The summed E-state index contributed by atoms with van der Waals surface area (Å²) in [6, 6.07) is 1.89. The molecule has 2 N–H and O–H groups in total. The first-order valence-electron chi connectivity index (χ1n) is 3.16. The molecule has 60 valence electrons. The zero-order valence-electron chi connectivity index (χ0n) is 6.17. The highest BCUT2D eigenvalue weighted by Gasteiger charge is 1.97. The lowest BCUT2D eigenvalue weighted by Crippen LogP contribution is -1.99. The van der Waals surface area contributed by atoms with Crippen LogP contribution in [0.2, 0.25) is 5.15 Å². The second-order valence-electron chi connectivity index (χ2n) is 2.26. The van der Waals surface area contributed by atoms with Crippen LogP contribution in [0.4, 0.5) is 0 Å². The van der Waals surface area contributed by atoms with Gasteiger partial charge >= 0.3 is 0 Å². The van der Waals surface area contributed by atoms with Crippen molar-refractivity contribution in [3.05, 3.63) is 28.5 Å². The minimum atomic E-state index is 0.366. The van der Waals surface area contributed by atoms with Gasteiger partial charge in [0.05, 0.1) is 6.61 Å². The molecule has 0 radical (unpaired) electrons. The maximum atomic E-state index is 5.70. The molecule has 0 atom stereocenters. The topological polar surface area (TPSA) is 48.1 Å². The molecule has 0 saturated carbocycles. The molecule has 0 aromatic carbocycles. The van der Waals surface area contributed by atoms with Gasteiger partial charge in [0, 0.05) is 6.20 Å². The maximum absolute atomic E-state index is 5.70. The molecule has 0 bridgehead atoms. The van der Waals surface area contributed by atoms with Crippen LogP contribution in [0.15, 0.2) is 12.3 Å². The summed E-state index contributed by atoms with van der Waals surface area (Å²) in [5.41, 5.74) is 1.86. The molecule has 0 saturated heterocycles. The summed E-state index contributed by atoms with van der Waals surface area (Å²) < 4.78 is 0. The van der Waals surface area contributed by atoms with Crippen molar-refractivity contribution >= 4 is 11.6 Å². The van der Waals surface area contributed by atoms with Crippen LogP contribution >= 0.6 is 11.6 Å². The molecule has 0 amide bonds. The van der Waals surface area contributed by atoms with E-state index in [0.717, 1.165) is 11.1 Å². The van der Waals surface area contributed by atoms with Crippen LogP contribution in [-0.2, 0) is 11.4 Å². The number of hydrogen-bond acceptors (Lipinski definition) is 3. The standard InChI is InChI=1S/C7H9ClN2O/c1-5-2-6(4-11-9)3-10-7(5)8/h2-3H,4,9H2,1H3. The lowest BCUT2D eigenvalue weighted by molar-refractivity contribution is 0.124. The summed E-state index contributed by atoms with van der Waals surface area (Å²) in [5.74, 6) is 4.89. The first kappa shape index (κ1) is 8.46. The van der Waals surface area contributed by atoms with Crippen LogP contribution in [0.5, 0.6) is 0 Å². The Kier molecular flexibility index (Phi) is 2.82. The van der Waals surface area contributed by atoms with E-state index in [2.05, 4.69) is 9.82 Å². The Labute approximate surface area is 70.1 Å². The molecular weight excluding hydrogens is 164 g/mol. The Morgan fingerprint density at radius 1 is 1.73 bits per heavy atom. The van der Waals surface area contributed by atoms with Crippen molar-refractivity contribution in [1.29, 1.82) is 0 Å². The van der Waals surface area contributed by atoms with Gasteiger partial charge in [-0.05, 0) is 24.1 Å². The molecule has 0 aliphatic heterocycles. The van der Waals surface area contributed by atoms with Gasteiger partial charge < -0.3 is 0 Å². The summed E-state index contributed by atoms with van der Waals surface area (Å²) in [6.07, 6.45) is 1.64. The maximum Gasteiger partial charge on any atom is 0.131 e. The number of aryl methyl sites for hydroxylation is 1. The average Bonchev–Trinajstić information content (AvgIpc) is 1.98. The van der Waals surface area contributed by atoms with Gasteiger partial charge in [-0.25, -0.2) is 10.9 Å². The Hall–Kier alpha value is -0.640. The SMILES string of the molecule is Cc1cc(CON)cnc1Cl. The summed E-state index contributed by atoms with van der Waals surface area (Å²) in [5, 5.41) is 0.519. The fraction of sp³-hybridized carbons (Fsp3) is 0.286. The molecule has 1 aromatic heterocycles. The minimum Gasteiger partial charge on any atom is -0.300 e. The Morgan fingerprint density at radius 2 is 2.45 bits per heavy atom. The van der Waals surface area contributed by atoms with Gasteiger partial charge in [0.1, 0.15) is 5.15 Å². The highest BCUT2D eigenvalue weighted by atomic mass is 35.5. The van der Waals surface area contributed by atoms with Crippen molar-refractivity contribution in [3.63, 3.8) is 0 Å². The van der Waals surface area contributed by atoms with Gasteiger partial charge in [0.2, 0.25) is 0 Å². The van der Waals surface area contributed by atoms with Crippen molar-refractivity contribution < 1.29 is 4.84 Å². The van der Waals surface area contributed by atoms with E-state index in [1.807, 2.05) is 13.0 Å². The van der Waals surface area contributed by atoms with Crippen molar-refractivity contribution in [3.8, 4) is 0 Å². The van der Waals surface area contributed by atoms with Crippen LogP contribution in [0.3, 0.4) is 0 Å². The lowest BCUT2D eigenvalue weighted by atomic mass is 10.2. The molecule has 0 aliphatic carbocycles. The fourth-order valence-corrected chi connectivity index (χ4v) is 0.895. The molecule has 0 aliphatic rings. The van der Waals surface area contributed by atoms with Crippen molar-refractivity contribution in [2.45, 2.75) is 13.5 Å². The first-order valence-corrected chi connectivity index (χ1v) is 3.54. The van der Waals surface area contributed by atoms with Crippen molar-refractivity contribution in [2.75, 3.05) is 0 Å². The number of hydrogen-bond donors (Lipinski definition) is 1. The molecule has 3 nitrogen and oxygen atoms in total. The Morgan fingerprint density at radius 3 is 3.00 bits per heavy atom. The number of aromatic nitrogens is 1. The second-order valence-corrected chi connectivity index (χ2v) is 2.62. The van der Waals surface area contributed by atoms with Crippen LogP contribution in [0, 0.1) is 6.92 Å². The smallest absolute Gasteiger partial charge is 0.131 e. The first-order chi connectivity index (χ1) is 5.24. The van der Waals surface area contributed by atoms with E-state index in [1.165, 1.54) is 0 Å². The van der Waals surface area contributed by atoms with Gasteiger partial charge in [0.15, 0.2) is 0 Å². The minimum absolute atomic E-state index is 0.366. The normalized spacial score (nSPS) is 10.1. The summed E-state index contributed by atoms with van der Waals surface area (Å²) in [6.45, 7) is 2.25. The molecule has 11 heavy (non-hydrogen) atoms. The second kappa shape index (κ2) is 3.67. The van der Waals surface area contributed by atoms with E-state index in [-0.39, 0.29) is 0 Å². The highest BCUT2D eigenvalue weighted by molar-refractivity contribution is 6.30. The number of halogens is 1. The van der Waals surface area contributed by atoms with Crippen LogP contribution in [-0.4, -0.2) is 4.98 Å². The van der Waals surface area contributed by atoms with E-state index < -0.39 is 0 Å². The van der Waals surface area contributed by atoms with E-state index in [0.29, 0.717) is 11.8 Å². The summed E-state index contributed by atoms with van der Waals surface area (Å²) in [7, 11) is 0. The van der Waals surface area contributed by atoms with Gasteiger partial charge in [-0.2, -0.15) is 0 Å². The quantitative estimate of drug-likeness (QED) is 0.543. The van der Waals surface area contributed by atoms with E-state index in [1.54, 1.807) is 6.20 Å².